The Morgan fingerprint density at radius 2 is 1.46 bits per heavy atom. The van der Waals surface area contributed by atoms with Crippen LogP contribution in [-0.4, -0.2) is 36.6 Å². The second-order valence-corrected chi connectivity index (χ2v) is 7.96. The molecule has 0 saturated carbocycles. The fraction of sp³-hybridized carbons (Fsp3) is 0.500. The molecule has 1 aliphatic heterocycles. The van der Waals surface area contributed by atoms with Crippen LogP contribution in [0.4, 0.5) is 0 Å². The molecule has 2 heteroatoms. The lowest BCUT2D eigenvalue weighted by atomic mass is 9.91. The van der Waals surface area contributed by atoms with Gasteiger partial charge in [-0.1, -0.05) is 74.5 Å². The first-order valence-corrected chi connectivity index (χ1v) is 10.3. The zero-order valence-electron chi connectivity index (χ0n) is 16.4. The van der Waals surface area contributed by atoms with Gasteiger partial charge in [0.2, 0.25) is 0 Å². The van der Waals surface area contributed by atoms with Crippen molar-refractivity contribution in [2.45, 2.75) is 51.6 Å². The van der Waals surface area contributed by atoms with Crippen molar-refractivity contribution in [2.75, 3.05) is 19.6 Å². The summed E-state index contributed by atoms with van der Waals surface area (Å²) in [4.78, 5) is 2.84. The maximum Gasteiger partial charge on any atom is 0.0162 e. The second-order valence-electron chi connectivity index (χ2n) is 7.96. The van der Waals surface area contributed by atoms with E-state index in [0.717, 1.165) is 32.5 Å². The van der Waals surface area contributed by atoms with Gasteiger partial charge in [0.1, 0.15) is 0 Å². The second kappa shape index (κ2) is 9.89. The molecule has 1 unspecified atom stereocenters. The minimum atomic E-state index is 0.601. The van der Waals surface area contributed by atoms with E-state index in [1.54, 1.807) is 0 Å². The molecule has 1 fully saturated rings. The molecule has 0 aliphatic carbocycles. The third-order valence-corrected chi connectivity index (χ3v) is 5.76. The van der Waals surface area contributed by atoms with E-state index in [0.29, 0.717) is 18.0 Å². The molecule has 1 atom stereocenters. The van der Waals surface area contributed by atoms with Gasteiger partial charge in [0.15, 0.2) is 0 Å². The molecule has 140 valence electrons. The summed E-state index contributed by atoms with van der Waals surface area (Å²) in [5, 5.41) is 3.53. The summed E-state index contributed by atoms with van der Waals surface area (Å²) in [7, 11) is 0. The number of hydrogen-bond donors (Lipinski definition) is 1. The lowest BCUT2D eigenvalue weighted by Crippen LogP contribution is -2.51. The van der Waals surface area contributed by atoms with Gasteiger partial charge in [-0.15, -0.1) is 0 Å². The Bertz CT molecular complexity index is 617. The van der Waals surface area contributed by atoms with E-state index < -0.39 is 0 Å². The van der Waals surface area contributed by atoms with Crippen molar-refractivity contribution in [3.63, 3.8) is 0 Å². The molecule has 3 rings (SSSR count). The topological polar surface area (TPSA) is 15.3 Å². The van der Waals surface area contributed by atoms with Crippen LogP contribution in [0.5, 0.6) is 0 Å². The van der Waals surface area contributed by atoms with Crippen LogP contribution in [0.25, 0.3) is 0 Å². The van der Waals surface area contributed by atoms with Crippen molar-refractivity contribution >= 4 is 0 Å². The quantitative estimate of drug-likeness (QED) is 0.751. The normalized spacial score (nSPS) is 16.9. The number of nitrogens with one attached hydrogen (secondary N) is 1. The molecule has 0 amide bonds. The molecule has 1 N–H and O–H groups in total. The van der Waals surface area contributed by atoms with E-state index in [4.69, 9.17) is 0 Å². The standard InChI is InChI=1S/C24H34N2/c1-20(2)24(19-22-11-7-4-8-12-22)26(23-13-16-25-17-14-23)18-15-21-9-5-3-6-10-21/h3-12,20,23-25H,13-19H2,1-2H3. The summed E-state index contributed by atoms with van der Waals surface area (Å²) in [5.74, 6) is 0.654. The van der Waals surface area contributed by atoms with Crippen molar-refractivity contribution in [1.82, 2.24) is 10.2 Å². The molecule has 0 bridgehead atoms. The number of piperidine rings is 1. The van der Waals surface area contributed by atoms with E-state index in [1.807, 2.05) is 0 Å². The van der Waals surface area contributed by atoms with Gasteiger partial charge in [-0.3, -0.25) is 4.90 Å². The number of hydrogen-bond acceptors (Lipinski definition) is 2. The van der Waals surface area contributed by atoms with Crippen molar-refractivity contribution < 1.29 is 0 Å². The van der Waals surface area contributed by atoms with E-state index in [-0.39, 0.29) is 0 Å². The third-order valence-electron chi connectivity index (χ3n) is 5.76. The molecule has 1 heterocycles. The molecule has 2 aromatic carbocycles. The average Bonchev–Trinajstić information content (AvgIpc) is 2.69. The van der Waals surface area contributed by atoms with E-state index in [9.17, 15) is 0 Å². The highest BCUT2D eigenvalue weighted by atomic mass is 15.2. The highest BCUT2D eigenvalue weighted by Gasteiger charge is 2.29. The Morgan fingerprint density at radius 1 is 0.885 bits per heavy atom. The molecule has 0 spiro atoms. The molecule has 0 radical (unpaired) electrons. The first-order valence-electron chi connectivity index (χ1n) is 10.3. The van der Waals surface area contributed by atoms with E-state index in [2.05, 4.69) is 84.7 Å². The highest BCUT2D eigenvalue weighted by Crippen LogP contribution is 2.24. The number of benzene rings is 2. The van der Waals surface area contributed by atoms with Crippen LogP contribution < -0.4 is 5.32 Å². The van der Waals surface area contributed by atoms with Gasteiger partial charge in [-0.25, -0.2) is 0 Å². The van der Waals surface area contributed by atoms with Gasteiger partial charge in [-0.2, -0.15) is 0 Å². The van der Waals surface area contributed by atoms with Crippen LogP contribution in [0.15, 0.2) is 60.7 Å². The first kappa shape index (κ1) is 19.1. The van der Waals surface area contributed by atoms with E-state index in [1.165, 1.54) is 24.0 Å². The summed E-state index contributed by atoms with van der Waals surface area (Å²) in [6.07, 6.45) is 4.83. The zero-order chi connectivity index (χ0) is 18.2. The SMILES string of the molecule is CC(C)C(Cc1ccccc1)N(CCc1ccccc1)C1CCNCC1. The van der Waals surface area contributed by atoms with Gasteiger partial charge >= 0.3 is 0 Å². The number of rotatable bonds is 8. The van der Waals surface area contributed by atoms with Crippen LogP contribution in [0.2, 0.25) is 0 Å². The zero-order valence-corrected chi connectivity index (χ0v) is 16.4. The Balaban J connectivity index is 1.76. The van der Waals surface area contributed by atoms with Crippen LogP contribution in [0.3, 0.4) is 0 Å². The van der Waals surface area contributed by atoms with Crippen LogP contribution >= 0.6 is 0 Å². The maximum absolute atomic E-state index is 3.53. The predicted octanol–water partition coefficient (Wildman–Crippen LogP) is 4.55. The Hall–Kier alpha value is -1.64. The summed E-state index contributed by atoms with van der Waals surface area (Å²) in [6, 6.07) is 23.3. The molecular formula is C24H34N2. The van der Waals surface area contributed by atoms with Crippen molar-refractivity contribution in [1.29, 1.82) is 0 Å². The largest absolute Gasteiger partial charge is 0.317 e. The van der Waals surface area contributed by atoms with Gasteiger partial charge in [0.05, 0.1) is 0 Å². The Kier molecular flexibility index (Phi) is 7.28. The van der Waals surface area contributed by atoms with Crippen molar-refractivity contribution in [3.8, 4) is 0 Å². The number of nitrogens with zero attached hydrogens (tertiary/aromatic N) is 1. The van der Waals surface area contributed by atoms with Crippen molar-refractivity contribution in [3.05, 3.63) is 71.8 Å². The summed E-state index contributed by atoms with van der Waals surface area (Å²) >= 11 is 0. The molecular weight excluding hydrogens is 316 g/mol. The van der Waals surface area contributed by atoms with Crippen LogP contribution in [-0.2, 0) is 12.8 Å². The smallest absolute Gasteiger partial charge is 0.0162 e. The highest BCUT2D eigenvalue weighted by molar-refractivity contribution is 5.17. The van der Waals surface area contributed by atoms with Gasteiger partial charge in [-0.05, 0) is 55.8 Å². The fourth-order valence-electron chi connectivity index (χ4n) is 4.25. The molecule has 0 aromatic heterocycles. The van der Waals surface area contributed by atoms with Gasteiger partial charge < -0.3 is 5.32 Å². The average molecular weight is 351 g/mol. The summed E-state index contributed by atoms with van der Waals surface area (Å²) in [6.45, 7) is 8.25. The minimum Gasteiger partial charge on any atom is -0.317 e. The molecule has 2 nitrogen and oxygen atoms in total. The molecule has 1 aliphatic rings. The molecule has 1 saturated heterocycles. The first-order chi connectivity index (χ1) is 12.7. The van der Waals surface area contributed by atoms with Crippen LogP contribution in [0, 0.1) is 5.92 Å². The van der Waals surface area contributed by atoms with Gasteiger partial charge in [0, 0.05) is 18.6 Å². The fourth-order valence-corrected chi connectivity index (χ4v) is 4.25. The molecule has 26 heavy (non-hydrogen) atoms. The lowest BCUT2D eigenvalue weighted by Gasteiger charge is -2.42. The van der Waals surface area contributed by atoms with Gasteiger partial charge in [0.25, 0.3) is 0 Å². The monoisotopic (exact) mass is 350 g/mol. The molecule has 2 aromatic rings. The summed E-state index contributed by atoms with van der Waals surface area (Å²) < 4.78 is 0. The minimum absolute atomic E-state index is 0.601. The van der Waals surface area contributed by atoms with Crippen molar-refractivity contribution in [2.24, 2.45) is 5.92 Å². The summed E-state index contributed by atoms with van der Waals surface area (Å²) in [5.41, 5.74) is 2.92. The van der Waals surface area contributed by atoms with Crippen LogP contribution in [0.1, 0.15) is 37.8 Å². The third kappa shape index (κ3) is 5.43. The Labute approximate surface area is 159 Å². The maximum atomic E-state index is 3.53. The van der Waals surface area contributed by atoms with E-state index >= 15 is 0 Å². The predicted molar refractivity (Wildman–Crippen MR) is 112 cm³/mol. The Morgan fingerprint density at radius 3 is 2.04 bits per heavy atom. The lowest BCUT2D eigenvalue weighted by molar-refractivity contribution is 0.0823.